The molecule has 0 amide bonds. The number of rotatable bonds is 3. The number of alkyl halides is 1. The molecule has 120 valence electrons. The van der Waals surface area contributed by atoms with Crippen LogP contribution in [0.2, 0.25) is 0 Å². The fourth-order valence-electron chi connectivity index (χ4n) is 3.12. The first-order valence-corrected chi connectivity index (χ1v) is 7.78. The van der Waals surface area contributed by atoms with E-state index >= 15 is 0 Å². The molecule has 6 nitrogen and oxygen atoms in total. The Balaban J connectivity index is 1.79. The van der Waals surface area contributed by atoms with Gasteiger partial charge in [-0.2, -0.15) is 0 Å². The zero-order chi connectivity index (χ0) is 16.8. The third-order valence-corrected chi connectivity index (χ3v) is 4.71. The minimum atomic E-state index is -0.828. The maximum atomic E-state index is 12.4. The summed E-state index contributed by atoms with van der Waals surface area (Å²) in [7, 11) is 0. The maximum Gasteiger partial charge on any atom is 0.271 e. The van der Waals surface area contributed by atoms with Gasteiger partial charge in [-0.05, 0) is 12.1 Å². The molecule has 0 radical (unpaired) electrons. The number of para-hydroxylation sites is 1. The van der Waals surface area contributed by atoms with Gasteiger partial charge in [0.1, 0.15) is 6.04 Å². The van der Waals surface area contributed by atoms with Gasteiger partial charge in [0.2, 0.25) is 0 Å². The summed E-state index contributed by atoms with van der Waals surface area (Å²) in [6.45, 7) is 0. The second-order valence-electron chi connectivity index (χ2n) is 5.61. The minimum Gasteiger partial charge on any atom is -0.361 e. The van der Waals surface area contributed by atoms with Gasteiger partial charge in [-0.25, -0.2) is 0 Å². The number of Topliss-reactive ketones (excluding diaryl/α,β-unsaturated/α-hetero) is 1. The van der Waals surface area contributed by atoms with Gasteiger partial charge in [0.05, 0.1) is 4.92 Å². The first-order chi connectivity index (χ1) is 11.6. The number of carbonyl (C=O) groups excluding carboxylic acids is 1. The van der Waals surface area contributed by atoms with E-state index in [1.165, 1.54) is 12.1 Å². The Morgan fingerprint density at radius 3 is 2.75 bits per heavy atom. The third kappa shape index (κ3) is 2.07. The lowest BCUT2D eigenvalue weighted by Gasteiger charge is -2.45. The highest BCUT2D eigenvalue weighted by atomic mass is 35.5. The van der Waals surface area contributed by atoms with Gasteiger partial charge in [0, 0.05) is 40.5 Å². The SMILES string of the molecule is O=C1[C@H](c2c[nH]c3ccccc23)N(c2cccc([N+](=O)[O-])c2)[C@H]1Cl. The van der Waals surface area contributed by atoms with E-state index in [1.807, 2.05) is 24.3 Å². The summed E-state index contributed by atoms with van der Waals surface area (Å²) in [5, 5.41) is 11.9. The zero-order valence-electron chi connectivity index (χ0n) is 12.3. The van der Waals surface area contributed by atoms with Crippen LogP contribution in [0, 0.1) is 10.1 Å². The molecule has 4 rings (SSSR count). The van der Waals surface area contributed by atoms with E-state index in [-0.39, 0.29) is 11.5 Å². The first-order valence-electron chi connectivity index (χ1n) is 7.34. The lowest BCUT2D eigenvalue weighted by molar-refractivity contribution is -0.384. The fourth-order valence-corrected chi connectivity index (χ4v) is 3.47. The van der Waals surface area contributed by atoms with Gasteiger partial charge in [0.15, 0.2) is 11.3 Å². The Hall–Kier alpha value is -2.86. The van der Waals surface area contributed by atoms with Crippen LogP contribution in [-0.4, -0.2) is 21.2 Å². The van der Waals surface area contributed by atoms with E-state index < -0.39 is 16.5 Å². The largest absolute Gasteiger partial charge is 0.361 e. The number of nitrogens with zero attached hydrogens (tertiary/aromatic N) is 2. The van der Waals surface area contributed by atoms with Crippen molar-refractivity contribution in [3.05, 3.63) is 70.4 Å². The zero-order valence-corrected chi connectivity index (χ0v) is 13.1. The number of H-pyrrole nitrogens is 1. The Morgan fingerprint density at radius 1 is 1.17 bits per heavy atom. The van der Waals surface area contributed by atoms with E-state index in [0.29, 0.717) is 5.69 Å². The number of anilines is 1. The Morgan fingerprint density at radius 2 is 1.96 bits per heavy atom. The molecular formula is C17H12ClN3O3. The van der Waals surface area contributed by atoms with Crippen LogP contribution in [0.3, 0.4) is 0 Å². The molecule has 0 bridgehead atoms. The average Bonchev–Trinajstić information content (AvgIpc) is 3.02. The van der Waals surface area contributed by atoms with E-state index in [4.69, 9.17) is 11.6 Å². The van der Waals surface area contributed by atoms with Crippen LogP contribution < -0.4 is 4.90 Å². The number of aromatic amines is 1. The normalized spacial score (nSPS) is 20.2. The molecular weight excluding hydrogens is 330 g/mol. The molecule has 0 saturated carbocycles. The van der Waals surface area contributed by atoms with Crippen molar-refractivity contribution >= 4 is 39.7 Å². The number of hydrogen-bond donors (Lipinski definition) is 1. The lowest BCUT2D eigenvalue weighted by Crippen LogP contribution is -2.56. The van der Waals surface area contributed by atoms with Crippen LogP contribution in [0.25, 0.3) is 10.9 Å². The quantitative estimate of drug-likeness (QED) is 0.340. The summed E-state index contributed by atoms with van der Waals surface area (Å²) < 4.78 is 0. The summed E-state index contributed by atoms with van der Waals surface area (Å²) in [5.41, 5.74) is 1.44. The van der Waals surface area contributed by atoms with Crippen LogP contribution in [0.4, 0.5) is 11.4 Å². The number of ketones is 1. The topological polar surface area (TPSA) is 79.2 Å². The Kier molecular flexibility index (Phi) is 3.28. The number of halogens is 1. The number of benzene rings is 2. The van der Waals surface area contributed by atoms with E-state index in [2.05, 4.69) is 4.98 Å². The summed E-state index contributed by atoms with van der Waals surface area (Å²) >= 11 is 6.19. The highest BCUT2D eigenvalue weighted by molar-refractivity contribution is 6.37. The standard InChI is InChI=1S/C17H12ClN3O3/c18-17-16(22)15(13-9-19-14-7-2-1-6-12(13)14)20(17)10-4-3-5-11(8-10)21(23)24/h1-9,15,17,19H/t15-,17+/m0/s1. The molecule has 0 aliphatic carbocycles. The molecule has 7 heteroatoms. The number of hydrogen-bond acceptors (Lipinski definition) is 4. The van der Waals surface area contributed by atoms with Gasteiger partial charge >= 0.3 is 0 Å². The molecule has 1 fully saturated rings. The second kappa shape index (κ2) is 5.35. The number of fused-ring (bicyclic) bond motifs is 1. The van der Waals surface area contributed by atoms with Crippen molar-refractivity contribution < 1.29 is 9.72 Å². The van der Waals surface area contributed by atoms with Gasteiger partial charge in [-0.3, -0.25) is 14.9 Å². The number of carbonyl (C=O) groups is 1. The van der Waals surface area contributed by atoms with Crippen molar-refractivity contribution in [2.24, 2.45) is 0 Å². The van der Waals surface area contributed by atoms with E-state index in [0.717, 1.165) is 16.5 Å². The third-order valence-electron chi connectivity index (χ3n) is 4.28. The van der Waals surface area contributed by atoms with Crippen molar-refractivity contribution in [2.45, 2.75) is 11.5 Å². The second-order valence-corrected chi connectivity index (χ2v) is 6.03. The first kappa shape index (κ1) is 14.7. The van der Waals surface area contributed by atoms with E-state index in [9.17, 15) is 14.9 Å². The van der Waals surface area contributed by atoms with Crippen LogP contribution in [0.15, 0.2) is 54.7 Å². The molecule has 0 unspecified atom stereocenters. The Bertz CT molecular complexity index is 968. The molecule has 1 aliphatic rings. The number of nitro groups is 1. The predicted molar refractivity (Wildman–Crippen MR) is 91.3 cm³/mol. The molecule has 2 heterocycles. The highest BCUT2D eigenvalue weighted by Crippen LogP contribution is 2.44. The van der Waals surface area contributed by atoms with Crippen LogP contribution in [0.5, 0.6) is 0 Å². The van der Waals surface area contributed by atoms with Crippen molar-refractivity contribution in [3.63, 3.8) is 0 Å². The van der Waals surface area contributed by atoms with Crippen molar-refractivity contribution in [1.29, 1.82) is 0 Å². The molecule has 1 aromatic heterocycles. The minimum absolute atomic E-state index is 0.0339. The maximum absolute atomic E-state index is 12.4. The molecule has 2 atom stereocenters. The molecule has 2 aromatic carbocycles. The Labute approximate surface area is 141 Å². The summed E-state index contributed by atoms with van der Waals surface area (Å²) in [4.78, 5) is 27.8. The highest BCUT2D eigenvalue weighted by Gasteiger charge is 2.48. The molecule has 1 saturated heterocycles. The van der Waals surface area contributed by atoms with E-state index in [1.54, 1.807) is 23.2 Å². The monoisotopic (exact) mass is 341 g/mol. The van der Waals surface area contributed by atoms with Gasteiger partial charge < -0.3 is 9.88 Å². The number of nitrogens with one attached hydrogen (secondary N) is 1. The molecule has 1 N–H and O–H groups in total. The smallest absolute Gasteiger partial charge is 0.271 e. The van der Waals surface area contributed by atoms with Crippen molar-refractivity contribution in [1.82, 2.24) is 4.98 Å². The molecule has 0 spiro atoms. The summed E-state index contributed by atoms with van der Waals surface area (Å²) in [6, 6.07) is 13.3. The molecule has 24 heavy (non-hydrogen) atoms. The summed E-state index contributed by atoms with van der Waals surface area (Å²) in [6.07, 6.45) is 1.79. The van der Waals surface area contributed by atoms with Crippen molar-refractivity contribution in [2.75, 3.05) is 4.90 Å². The van der Waals surface area contributed by atoms with Gasteiger partial charge in [-0.15, -0.1) is 0 Å². The fraction of sp³-hybridized carbons (Fsp3) is 0.118. The van der Waals surface area contributed by atoms with Gasteiger partial charge in [-0.1, -0.05) is 35.9 Å². The lowest BCUT2D eigenvalue weighted by atomic mass is 9.91. The van der Waals surface area contributed by atoms with Crippen LogP contribution >= 0.6 is 11.6 Å². The number of aromatic nitrogens is 1. The van der Waals surface area contributed by atoms with Crippen LogP contribution in [-0.2, 0) is 4.79 Å². The number of nitro benzene ring substituents is 1. The van der Waals surface area contributed by atoms with Crippen molar-refractivity contribution in [3.8, 4) is 0 Å². The van der Waals surface area contributed by atoms with Gasteiger partial charge in [0.25, 0.3) is 5.69 Å². The predicted octanol–water partition coefficient (Wildman–Crippen LogP) is 3.77. The summed E-state index contributed by atoms with van der Waals surface area (Å²) in [5.74, 6) is -0.118. The average molecular weight is 342 g/mol. The molecule has 1 aliphatic heterocycles. The molecule has 3 aromatic rings. The van der Waals surface area contributed by atoms with Crippen LogP contribution in [0.1, 0.15) is 11.6 Å². The number of non-ortho nitro benzene ring substituents is 1.